The van der Waals surface area contributed by atoms with Crippen molar-refractivity contribution in [2.75, 3.05) is 11.9 Å². The first-order chi connectivity index (χ1) is 13.4. The monoisotopic (exact) mass is 400 g/mol. The predicted octanol–water partition coefficient (Wildman–Crippen LogP) is 3.35. The van der Waals surface area contributed by atoms with E-state index < -0.39 is 22.0 Å². The molecule has 28 heavy (non-hydrogen) atoms. The van der Waals surface area contributed by atoms with Gasteiger partial charge in [-0.3, -0.25) is 0 Å². The highest BCUT2D eigenvalue weighted by atomic mass is 32.2. The maximum Gasteiger partial charge on any atom is 0.374 e. The van der Waals surface area contributed by atoms with Gasteiger partial charge in [-0.1, -0.05) is 30.3 Å². The van der Waals surface area contributed by atoms with E-state index in [-0.39, 0.29) is 35.1 Å². The standard InChI is InChI=1S/C19H16N2O6S/c1-2-26-18(22)17-13(12-7-3-5-9-15(12)27-17)11-21-19(23)20-14-8-4-6-10-16(14)28(21,24)25/h3-10H,2,11H2,1H3,(H,20,23). The van der Waals surface area contributed by atoms with Crippen LogP contribution in [0.2, 0.25) is 0 Å². The number of fused-ring (bicyclic) bond motifs is 2. The zero-order chi connectivity index (χ0) is 19.9. The van der Waals surface area contributed by atoms with Crippen LogP contribution in [0.25, 0.3) is 11.0 Å². The molecule has 4 rings (SSSR count). The second kappa shape index (κ2) is 6.68. The van der Waals surface area contributed by atoms with Gasteiger partial charge in [0.05, 0.1) is 18.8 Å². The fourth-order valence-corrected chi connectivity index (χ4v) is 4.57. The summed E-state index contributed by atoms with van der Waals surface area (Å²) in [4.78, 5) is 24.9. The number of rotatable bonds is 4. The molecule has 1 aliphatic rings. The number of furan rings is 1. The molecule has 144 valence electrons. The van der Waals surface area contributed by atoms with Crippen LogP contribution < -0.4 is 5.32 Å². The minimum Gasteiger partial charge on any atom is -0.460 e. The van der Waals surface area contributed by atoms with Gasteiger partial charge in [0.25, 0.3) is 10.0 Å². The molecule has 0 unspecified atom stereocenters. The molecule has 0 saturated heterocycles. The summed E-state index contributed by atoms with van der Waals surface area (Å²) >= 11 is 0. The van der Waals surface area contributed by atoms with Crippen molar-refractivity contribution in [2.45, 2.75) is 18.4 Å². The number of nitrogens with one attached hydrogen (secondary N) is 1. The lowest BCUT2D eigenvalue weighted by molar-refractivity contribution is 0.0490. The second-order valence-corrected chi connectivity index (χ2v) is 7.90. The van der Waals surface area contributed by atoms with E-state index in [4.69, 9.17) is 9.15 Å². The Morgan fingerprint density at radius 3 is 2.64 bits per heavy atom. The van der Waals surface area contributed by atoms with Crippen LogP contribution in [0, 0.1) is 0 Å². The number of hydrogen-bond donors (Lipinski definition) is 1. The van der Waals surface area contributed by atoms with Gasteiger partial charge in [0.1, 0.15) is 10.5 Å². The minimum absolute atomic E-state index is 0.0138. The molecule has 2 heterocycles. The number of anilines is 1. The highest BCUT2D eigenvalue weighted by Gasteiger charge is 2.38. The van der Waals surface area contributed by atoms with E-state index >= 15 is 0 Å². The van der Waals surface area contributed by atoms with Gasteiger partial charge < -0.3 is 14.5 Å². The molecule has 0 radical (unpaired) electrons. The number of urea groups is 1. The van der Waals surface area contributed by atoms with Gasteiger partial charge in [-0.05, 0) is 25.1 Å². The van der Waals surface area contributed by atoms with Crippen molar-refractivity contribution in [2.24, 2.45) is 0 Å². The molecule has 1 N–H and O–H groups in total. The Kier molecular flexibility index (Phi) is 4.31. The first kappa shape index (κ1) is 18.1. The highest BCUT2D eigenvalue weighted by molar-refractivity contribution is 7.90. The van der Waals surface area contributed by atoms with Crippen molar-refractivity contribution in [3.8, 4) is 0 Å². The number of ether oxygens (including phenoxy) is 1. The van der Waals surface area contributed by atoms with Crippen molar-refractivity contribution < 1.29 is 27.2 Å². The van der Waals surface area contributed by atoms with Gasteiger partial charge in [0.15, 0.2) is 0 Å². The average Bonchev–Trinajstić information content (AvgIpc) is 3.04. The Bertz CT molecular complexity index is 1200. The summed E-state index contributed by atoms with van der Waals surface area (Å²) in [6.07, 6.45) is 0. The lowest BCUT2D eigenvalue weighted by Crippen LogP contribution is -2.43. The van der Waals surface area contributed by atoms with E-state index in [0.29, 0.717) is 15.3 Å². The van der Waals surface area contributed by atoms with Crippen LogP contribution in [0.4, 0.5) is 10.5 Å². The second-order valence-electron chi connectivity index (χ2n) is 6.06. The van der Waals surface area contributed by atoms with E-state index in [9.17, 15) is 18.0 Å². The molecule has 0 aliphatic carbocycles. The van der Waals surface area contributed by atoms with Crippen LogP contribution in [-0.4, -0.2) is 31.3 Å². The summed E-state index contributed by atoms with van der Waals surface area (Å²) < 4.78 is 37.3. The lowest BCUT2D eigenvalue weighted by atomic mass is 10.1. The summed E-state index contributed by atoms with van der Waals surface area (Å²) in [5.41, 5.74) is 0.884. The summed E-state index contributed by atoms with van der Waals surface area (Å²) in [7, 11) is -4.10. The van der Waals surface area contributed by atoms with E-state index in [0.717, 1.165) is 0 Å². The minimum atomic E-state index is -4.10. The van der Waals surface area contributed by atoms with Crippen molar-refractivity contribution in [3.05, 3.63) is 59.9 Å². The third-order valence-electron chi connectivity index (χ3n) is 4.38. The molecule has 9 heteroatoms. The van der Waals surface area contributed by atoms with Gasteiger partial charge in [0.2, 0.25) is 5.76 Å². The Hall–Kier alpha value is -3.33. The van der Waals surface area contributed by atoms with E-state index in [1.807, 2.05) is 0 Å². The van der Waals surface area contributed by atoms with E-state index in [1.54, 1.807) is 43.3 Å². The normalized spacial score (nSPS) is 15.2. The topological polar surface area (TPSA) is 106 Å². The molecular weight excluding hydrogens is 384 g/mol. The number of carbonyl (C=O) groups is 2. The molecule has 1 aliphatic heterocycles. The Balaban J connectivity index is 1.83. The van der Waals surface area contributed by atoms with Crippen molar-refractivity contribution >= 4 is 38.7 Å². The fraction of sp³-hybridized carbons (Fsp3) is 0.158. The van der Waals surface area contributed by atoms with Crippen LogP contribution in [0.5, 0.6) is 0 Å². The molecule has 0 fully saturated rings. The number of esters is 1. The maximum absolute atomic E-state index is 13.0. The Labute approximate surface area is 160 Å². The predicted molar refractivity (Wildman–Crippen MR) is 100 cm³/mol. The molecule has 8 nitrogen and oxygen atoms in total. The van der Waals surface area contributed by atoms with Gasteiger partial charge in [-0.25, -0.2) is 22.3 Å². The first-order valence-corrected chi connectivity index (χ1v) is 9.97. The maximum atomic E-state index is 13.0. The van der Waals surface area contributed by atoms with Gasteiger partial charge >= 0.3 is 12.0 Å². The van der Waals surface area contributed by atoms with Gasteiger partial charge in [-0.15, -0.1) is 0 Å². The number of amides is 2. The SMILES string of the molecule is CCOC(=O)c1oc2ccccc2c1CN1C(=O)Nc2ccccc2S1(=O)=O. The van der Waals surface area contributed by atoms with E-state index in [2.05, 4.69) is 5.32 Å². The lowest BCUT2D eigenvalue weighted by Gasteiger charge is -2.28. The Morgan fingerprint density at radius 2 is 1.86 bits per heavy atom. The molecule has 0 saturated carbocycles. The molecule has 0 spiro atoms. The number of para-hydroxylation sites is 2. The van der Waals surface area contributed by atoms with Crippen LogP contribution >= 0.6 is 0 Å². The molecule has 3 aromatic rings. The molecule has 0 bridgehead atoms. The number of benzene rings is 2. The van der Waals surface area contributed by atoms with Crippen molar-refractivity contribution in [1.29, 1.82) is 0 Å². The number of hydrogen-bond acceptors (Lipinski definition) is 6. The third-order valence-corrected chi connectivity index (χ3v) is 6.17. The van der Waals surface area contributed by atoms with Gasteiger partial charge in [-0.2, -0.15) is 0 Å². The summed E-state index contributed by atoms with van der Waals surface area (Å²) in [6.45, 7) is 1.42. The average molecular weight is 400 g/mol. The molecule has 2 aromatic carbocycles. The zero-order valence-electron chi connectivity index (χ0n) is 14.8. The smallest absolute Gasteiger partial charge is 0.374 e. The van der Waals surface area contributed by atoms with E-state index in [1.165, 1.54) is 12.1 Å². The van der Waals surface area contributed by atoms with Crippen LogP contribution in [0.3, 0.4) is 0 Å². The number of nitrogens with zero attached hydrogens (tertiary/aromatic N) is 1. The summed E-state index contributed by atoms with van der Waals surface area (Å²) in [5, 5.41) is 3.10. The van der Waals surface area contributed by atoms with Crippen LogP contribution in [-0.2, 0) is 21.3 Å². The Morgan fingerprint density at radius 1 is 1.14 bits per heavy atom. The van der Waals surface area contributed by atoms with Crippen LogP contribution in [0.15, 0.2) is 57.8 Å². The van der Waals surface area contributed by atoms with Gasteiger partial charge in [0, 0.05) is 10.9 Å². The zero-order valence-corrected chi connectivity index (χ0v) is 15.7. The van der Waals surface area contributed by atoms with Crippen molar-refractivity contribution in [3.63, 3.8) is 0 Å². The first-order valence-electron chi connectivity index (χ1n) is 8.53. The summed E-state index contributed by atoms with van der Waals surface area (Å²) in [5.74, 6) is -0.839. The summed E-state index contributed by atoms with van der Waals surface area (Å²) in [6, 6.07) is 12.1. The fourth-order valence-electron chi connectivity index (χ4n) is 3.12. The molecule has 1 aromatic heterocycles. The third kappa shape index (κ3) is 2.80. The number of carbonyl (C=O) groups excluding carboxylic acids is 2. The quantitative estimate of drug-likeness (QED) is 0.673. The molecule has 0 atom stereocenters. The molecule has 2 amide bonds. The van der Waals surface area contributed by atoms with Crippen LogP contribution in [0.1, 0.15) is 23.0 Å². The molecular formula is C19H16N2O6S. The van der Waals surface area contributed by atoms with Crippen molar-refractivity contribution in [1.82, 2.24) is 4.31 Å². The largest absolute Gasteiger partial charge is 0.460 e. The highest BCUT2D eigenvalue weighted by Crippen LogP contribution is 2.34. The number of sulfonamides is 1.